The zero-order valence-corrected chi connectivity index (χ0v) is 21.9. The Morgan fingerprint density at radius 3 is 2.74 bits per heavy atom. The normalized spacial score (nSPS) is 24.3. The minimum Gasteiger partial charge on any atom is -0.387 e. The maximum atomic E-state index is 13.7. The second kappa shape index (κ2) is 10.6. The summed E-state index contributed by atoms with van der Waals surface area (Å²) in [5, 5.41) is 14.0. The number of aliphatic hydroxyl groups is 1. The van der Waals surface area contributed by atoms with E-state index in [1.807, 2.05) is 11.0 Å². The number of fused-ring (bicyclic) bond motifs is 1. The molecule has 2 N–H and O–H groups in total. The van der Waals surface area contributed by atoms with E-state index >= 15 is 0 Å². The van der Waals surface area contributed by atoms with Crippen LogP contribution in [0.5, 0.6) is 0 Å². The van der Waals surface area contributed by atoms with Gasteiger partial charge in [0.15, 0.2) is 0 Å². The first-order valence-electron chi connectivity index (χ1n) is 12.1. The fourth-order valence-electron chi connectivity index (χ4n) is 5.32. The minimum atomic E-state index is -0.510. The molecule has 2 aromatic rings. The van der Waals surface area contributed by atoms with Crippen molar-refractivity contribution in [1.82, 2.24) is 20.2 Å². The lowest BCUT2D eigenvalue weighted by atomic mass is 10.0. The monoisotopic (exact) mass is 549 g/mol. The number of carbonyl (C=O) groups is 1. The molecule has 1 amide bonds. The molecule has 0 bridgehead atoms. The number of carbonyl (C=O) groups excluding carboxylic acids is 1. The number of halogens is 1. The first-order valence-corrected chi connectivity index (χ1v) is 13.7. The van der Waals surface area contributed by atoms with Gasteiger partial charge in [-0.2, -0.15) is 0 Å². The third-order valence-corrected chi connectivity index (χ3v) is 8.97. The van der Waals surface area contributed by atoms with Crippen molar-refractivity contribution in [2.45, 2.75) is 50.2 Å². The Kier molecular flexibility index (Phi) is 7.50. The first kappa shape index (κ1) is 24.1. The van der Waals surface area contributed by atoms with Gasteiger partial charge in [-0.15, -0.1) is 11.3 Å². The highest BCUT2D eigenvalue weighted by molar-refractivity contribution is 9.11. The van der Waals surface area contributed by atoms with Gasteiger partial charge in [-0.1, -0.05) is 6.92 Å². The van der Waals surface area contributed by atoms with Crippen LogP contribution in [0.1, 0.15) is 60.3 Å². The molecule has 184 valence electrons. The Labute approximate surface area is 212 Å². The van der Waals surface area contributed by atoms with E-state index in [4.69, 9.17) is 4.74 Å². The lowest BCUT2D eigenvalue weighted by molar-refractivity contribution is -0.133. The van der Waals surface area contributed by atoms with Crippen molar-refractivity contribution in [3.05, 3.63) is 38.4 Å². The van der Waals surface area contributed by atoms with Crippen LogP contribution in [0.15, 0.2) is 22.2 Å². The molecule has 8 nitrogen and oxygen atoms in total. The number of hydrogen-bond donors (Lipinski definition) is 2. The van der Waals surface area contributed by atoms with Crippen LogP contribution in [-0.4, -0.2) is 77.9 Å². The first-order chi connectivity index (χ1) is 16.5. The second-order valence-electron chi connectivity index (χ2n) is 9.45. The molecule has 2 aromatic heterocycles. The summed E-state index contributed by atoms with van der Waals surface area (Å²) in [4.78, 5) is 27.9. The number of hydrogen-bond acceptors (Lipinski definition) is 8. The number of aliphatic hydroxyl groups excluding tert-OH is 1. The summed E-state index contributed by atoms with van der Waals surface area (Å²) in [5.74, 6) is 1.15. The molecular weight excluding hydrogens is 518 g/mol. The van der Waals surface area contributed by atoms with Gasteiger partial charge in [-0.25, -0.2) is 9.97 Å². The molecule has 10 heteroatoms. The highest BCUT2D eigenvalue weighted by Crippen LogP contribution is 2.42. The number of ether oxygens (including phenoxy) is 1. The van der Waals surface area contributed by atoms with Crippen molar-refractivity contribution in [2.24, 2.45) is 0 Å². The molecule has 3 aliphatic rings. The molecule has 0 saturated carbocycles. The molecule has 0 spiro atoms. The minimum absolute atomic E-state index is 0.185. The van der Waals surface area contributed by atoms with Crippen molar-refractivity contribution in [3.8, 4) is 0 Å². The maximum Gasteiger partial charge on any atom is 0.232 e. The fourth-order valence-corrected chi connectivity index (χ4v) is 6.84. The molecular formula is C24H32BrN5O3S. The zero-order valence-electron chi connectivity index (χ0n) is 19.5. The van der Waals surface area contributed by atoms with Crippen LogP contribution in [0.2, 0.25) is 0 Å². The zero-order chi connectivity index (χ0) is 23.7. The summed E-state index contributed by atoms with van der Waals surface area (Å²) in [6.45, 7) is 7.11. The predicted molar refractivity (Wildman–Crippen MR) is 135 cm³/mol. The van der Waals surface area contributed by atoms with Crippen LogP contribution in [0, 0.1) is 0 Å². The summed E-state index contributed by atoms with van der Waals surface area (Å²) < 4.78 is 6.52. The van der Waals surface area contributed by atoms with Crippen molar-refractivity contribution in [2.75, 3.05) is 50.8 Å². The van der Waals surface area contributed by atoms with E-state index in [1.165, 1.54) is 0 Å². The molecule has 3 atom stereocenters. The number of anilines is 1. The van der Waals surface area contributed by atoms with Crippen LogP contribution in [0.3, 0.4) is 0 Å². The number of amides is 1. The van der Waals surface area contributed by atoms with Crippen LogP contribution in [-0.2, 0) is 9.53 Å². The van der Waals surface area contributed by atoms with Gasteiger partial charge in [0.25, 0.3) is 0 Å². The third kappa shape index (κ3) is 5.02. The molecule has 1 aliphatic carbocycles. The van der Waals surface area contributed by atoms with E-state index in [9.17, 15) is 9.90 Å². The Hall–Kier alpha value is -1.59. The van der Waals surface area contributed by atoms with Gasteiger partial charge < -0.3 is 25.0 Å². The van der Waals surface area contributed by atoms with Gasteiger partial charge in [0, 0.05) is 62.4 Å². The van der Waals surface area contributed by atoms with Crippen LogP contribution >= 0.6 is 27.3 Å². The Morgan fingerprint density at radius 1 is 1.26 bits per heavy atom. The van der Waals surface area contributed by atoms with E-state index < -0.39 is 6.10 Å². The number of nitrogens with zero attached hydrogens (tertiary/aromatic N) is 4. The summed E-state index contributed by atoms with van der Waals surface area (Å²) in [6.07, 6.45) is 3.72. The standard InChI is InChI=1S/C24H32BrN5O3S/c1-15-12-18(31)22-21(15)23(28-14-27-22)29-6-8-30(9-7-29)24(32)17(19-2-3-20(25)34-19)13-26-16-4-10-33-11-5-16/h2-3,14-18,26,31H,4-13H2,1H3/t15-,17-,18-/m1/s1. The van der Waals surface area contributed by atoms with E-state index in [-0.39, 0.29) is 17.7 Å². The van der Waals surface area contributed by atoms with Crippen molar-refractivity contribution >= 4 is 39.0 Å². The summed E-state index contributed by atoms with van der Waals surface area (Å²) in [6, 6.07) is 4.50. The summed E-state index contributed by atoms with van der Waals surface area (Å²) in [7, 11) is 0. The SMILES string of the molecule is C[C@@H]1C[C@@H](O)c2ncnc(N3CCN(C(=O)[C@H](CNC4CCOCC4)c4ccc(Br)s4)CC3)c21. The Morgan fingerprint density at radius 2 is 2.03 bits per heavy atom. The van der Waals surface area contributed by atoms with Gasteiger partial charge in [-0.05, 0) is 53.2 Å². The molecule has 2 saturated heterocycles. The average molecular weight is 551 g/mol. The second-order valence-corrected chi connectivity index (χ2v) is 11.9. The third-order valence-electron chi connectivity index (χ3n) is 7.24. The van der Waals surface area contributed by atoms with E-state index in [2.05, 4.69) is 49.1 Å². The van der Waals surface area contributed by atoms with Gasteiger partial charge in [0.1, 0.15) is 12.1 Å². The van der Waals surface area contributed by atoms with Crippen molar-refractivity contribution in [1.29, 1.82) is 0 Å². The highest BCUT2D eigenvalue weighted by Gasteiger charge is 2.35. The molecule has 0 unspecified atom stereocenters. The predicted octanol–water partition coefficient (Wildman–Crippen LogP) is 3.04. The maximum absolute atomic E-state index is 13.7. The van der Waals surface area contributed by atoms with Gasteiger partial charge in [0.05, 0.1) is 21.5 Å². The van der Waals surface area contributed by atoms with Gasteiger partial charge in [-0.3, -0.25) is 4.79 Å². The fraction of sp³-hybridized carbons (Fsp3) is 0.625. The quantitative estimate of drug-likeness (QED) is 0.572. The molecule has 2 aliphatic heterocycles. The van der Waals surface area contributed by atoms with E-state index in [0.717, 1.165) is 64.9 Å². The number of piperazine rings is 1. The molecule has 0 aromatic carbocycles. The lowest BCUT2D eigenvalue weighted by Crippen LogP contribution is -2.51. The van der Waals surface area contributed by atoms with Gasteiger partial charge >= 0.3 is 0 Å². The molecule has 34 heavy (non-hydrogen) atoms. The smallest absolute Gasteiger partial charge is 0.232 e. The largest absolute Gasteiger partial charge is 0.387 e. The van der Waals surface area contributed by atoms with Crippen LogP contribution in [0.25, 0.3) is 0 Å². The van der Waals surface area contributed by atoms with Crippen LogP contribution < -0.4 is 10.2 Å². The molecule has 0 radical (unpaired) electrons. The number of rotatable bonds is 6. The number of thiophene rings is 1. The van der Waals surface area contributed by atoms with Gasteiger partial charge in [0.2, 0.25) is 5.91 Å². The molecule has 5 rings (SSSR count). The lowest BCUT2D eigenvalue weighted by Gasteiger charge is -2.38. The number of aromatic nitrogens is 2. The highest BCUT2D eigenvalue weighted by atomic mass is 79.9. The van der Waals surface area contributed by atoms with Crippen molar-refractivity contribution < 1.29 is 14.6 Å². The Bertz CT molecular complexity index is 1010. The molecule has 2 fully saturated rings. The topological polar surface area (TPSA) is 90.8 Å². The average Bonchev–Trinajstić information content (AvgIpc) is 3.42. The Balaban J connectivity index is 1.26. The van der Waals surface area contributed by atoms with Crippen molar-refractivity contribution in [3.63, 3.8) is 0 Å². The molecule has 4 heterocycles. The summed E-state index contributed by atoms with van der Waals surface area (Å²) >= 11 is 5.20. The number of nitrogens with one attached hydrogen (secondary N) is 1. The van der Waals surface area contributed by atoms with E-state index in [1.54, 1.807) is 17.7 Å². The van der Waals surface area contributed by atoms with Crippen LogP contribution in [0.4, 0.5) is 5.82 Å². The van der Waals surface area contributed by atoms with E-state index in [0.29, 0.717) is 32.1 Å². The summed E-state index contributed by atoms with van der Waals surface area (Å²) in [5.41, 5.74) is 1.83.